The van der Waals surface area contributed by atoms with Gasteiger partial charge in [0.25, 0.3) is 0 Å². The zero-order valence-corrected chi connectivity index (χ0v) is 9.29. The molecule has 0 amide bonds. The molecule has 0 bridgehead atoms. The molecule has 0 spiro atoms. The van der Waals surface area contributed by atoms with Crippen LogP contribution >= 0.6 is 0 Å². The summed E-state index contributed by atoms with van der Waals surface area (Å²) >= 11 is 0. The van der Waals surface area contributed by atoms with Crippen LogP contribution in [0.3, 0.4) is 0 Å². The van der Waals surface area contributed by atoms with Crippen molar-refractivity contribution in [3.8, 4) is 0 Å². The topological polar surface area (TPSA) is 55.7 Å². The summed E-state index contributed by atoms with van der Waals surface area (Å²) in [5, 5.41) is 3.16. The van der Waals surface area contributed by atoms with E-state index in [4.69, 9.17) is 0 Å². The van der Waals surface area contributed by atoms with E-state index >= 15 is 0 Å². The van der Waals surface area contributed by atoms with Gasteiger partial charge in [0.05, 0.1) is 0 Å². The fourth-order valence-electron chi connectivity index (χ4n) is 0.385. The van der Waals surface area contributed by atoms with Crippen LogP contribution in [0.5, 0.6) is 0 Å². The summed E-state index contributed by atoms with van der Waals surface area (Å²) in [6.45, 7) is 1.63. The first-order chi connectivity index (χ1) is 4.76. The Morgan fingerprint density at radius 2 is 2.18 bits per heavy atom. The molecular formula is C6H8NO3Y-. The quantitative estimate of drug-likeness (QED) is 0.298. The molecule has 4 nitrogen and oxygen atoms in total. The minimum Gasteiger partial charge on any atom is -0.416 e. The van der Waals surface area contributed by atoms with Crippen molar-refractivity contribution in [3.05, 3.63) is 0 Å². The summed E-state index contributed by atoms with van der Waals surface area (Å²) in [6.07, 6.45) is 1.61. The van der Waals surface area contributed by atoms with Crippen LogP contribution in [0.2, 0.25) is 0 Å². The van der Waals surface area contributed by atoms with Gasteiger partial charge in [-0.3, -0.25) is 0 Å². The van der Waals surface area contributed by atoms with Gasteiger partial charge in [0.1, 0.15) is 7.11 Å². The molecule has 0 unspecified atom stereocenters. The minimum atomic E-state index is -0.364. The zero-order chi connectivity index (χ0) is 7.98. The van der Waals surface area contributed by atoms with Gasteiger partial charge < -0.3 is 14.4 Å². The molecule has 0 aromatic heterocycles. The van der Waals surface area contributed by atoms with Gasteiger partial charge in [0, 0.05) is 50.5 Å². The second kappa shape index (κ2) is 8.01. The van der Waals surface area contributed by atoms with Gasteiger partial charge in [0.15, 0.2) is 0 Å². The van der Waals surface area contributed by atoms with Crippen molar-refractivity contribution in [2.75, 3.05) is 7.11 Å². The van der Waals surface area contributed by atoms with E-state index in [-0.39, 0.29) is 50.6 Å². The predicted molar refractivity (Wildman–Crippen MR) is 35.4 cm³/mol. The fourth-order valence-corrected chi connectivity index (χ4v) is 0.385. The van der Waals surface area contributed by atoms with Crippen LogP contribution in [0, 0.1) is 0 Å². The van der Waals surface area contributed by atoms with E-state index in [0.29, 0.717) is 0 Å². The number of nitrogens with zero attached hydrogens (tertiary/aromatic N) is 1. The van der Waals surface area contributed by atoms with Crippen LogP contribution in [-0.2, 0) is 47.1 Å². The van der Waals surface area contributed by atoms with E-state index in [9.17, 15) is 9.59 Å². The van der Waals surface area contributed by atoms with Crippen molar-refractivity contribution >= 4 is 17.8 Å². The Morgan fingerprint density at radius 1 is 1.64 bits per heavy atom. The average molecular weight is 231 g/mol. The average Bonchev–Trinajstić information content (AvgIpc) is 1.99. The molecule has 5 heteroatoms. The predicted octanol–water partition coefficient (Wildman–Crippen LogP) is 0.0751. The van der Waals surface area contributed by atoms with E-state index in [1.54, 1.807) is 6.92 Å². The molecule has 11 heavy (non-hydrogen) atoms. The summed E-state index contributed by atoms with van der Waals surface area (Å²) in [7, 11) is 1.26. The Kier molecular flexibility index (Phi) is 9.84. The van der Waals surface area contributed by atoms with Gasteiger partial charge in [-0.15, -0.1) is 5.16 Å². The number of carbonyl (C=O) groups excluding carboxylic acids is 2. The van der Waals surface area contributed by atoms with Crippen LogP contribution in [0.4, 0.5) is 0 Å². The maximum Gasteiger partial charge on any atom is 0.106 e. The Morgan fingerprint density at radius 3 is 2.45 bits per heavy atom. The zero-order valence-electron chi connectivity index (χ0n) is 6.46. The molecule has 1 radical (unpaired) electrons. The van der Waals surface area contributed by atoms with Crippen LogP contribution in [0.15, 0.2) is 5.16 Å². The number of hydrogen-bond acceptors (Lipinski definition) is 4. The molecule has 0 saturated carbocycles. The molecule has 0 aliphatic rings. The standard InChI is InChI=1S/C6H8NO3.Y/c1-3-6(9)5(4-8)7-10-2;/h3H2,1-2H3;/q-1;/b7-5+;. The maximum atomic E-state index is 10.7. The molecule has 0 fully saturated rings. The summed E-state index contributed by atoms with van der Waals surface area (Å²) in [6, 6.07) is 0. The van der Waals surface area contributed by atoms with Crippen molar-refractivity contribution in [1.82, 2.24) is 0 Å². The van der Waals surface area contributed by atoms with Gasteiger partial charge >= 0.3 is 0 Å². The Hall–Kier alpha value is -0.0861. The number of rotatable bonds is 4. The molecular weight excluding hydrogens is 223 g/mol. The molecule has 0 heterocycles. The second-order valence-corrected chi connectivity index (χ2v) is 1.50. The number of hydrogen-bond donors (Lipinski definition) is 0. The van der Waals surface area contributed by atoms with E-state index in [2.05, 4.69) is 9.99 Å². The van der Waals surface area contributed by atoms with Crippen molar-refractivity contribution in [3.63, 3.8) is 0 Å². The molecule has 0 atom stereocenters. The monoisotopic (exact) mass is 231 g/mol. The number of carbonyl (C=O) groups is 1. The Balaban J connectivity index is 0. The van der Waals surface area contributed by atoms with Crippen LogP contribution in [-0.4, -0.2) is 24.9 Å². The number of ketones is 1. The van der Waals surface area contributed by atoms with Gasteiger partial charge in [-0.1, -0.05) is 13.3 Å². The molecule has 0 aromatic rings. The number of oxime groups is 1. The van der Waals surface area contributed by atoms with Crippen molar-refractivity contribution < 1.29 is 47.1 Å². The van der Waals surface area contributed by atoms with Gasteiger partial charge in [0.2, 0.25) is 0 Å². The molecule has 0 rings (SSSR count). The van der Waals surface area contributed by atoms with Gasteiger partial charge in [-0.2, -0.15) is 0 Å². The first kappa shape index (κ1) is 13.5. The smallest absolute Gasteiger partial charge is 0.106 e. The normalized spacial score (nSPS) is 9.82. The van der Waals surface area contributed by atoms with Crippen molar-refractivity contribution in [2.45, 2.75) is 13.3 Å². The summed E-state index contributed by atoms with van der Waals surface area (Å²) in [5.41, 5.74) is -0.287. The molecule has 0 aliphatic carbocycles. The van der Waals surface area contributed by atoms with Gasteiger partial charge in [-0.05, 0) is 0 Å². The van der Waals surface area contributed by atoms with E-state index in [0.717, 1.165) is 0 Å². The summed E-state index contributed by atoms with van der Waals surface area (Å²) in [4.78, 5) is 24.8. The minimum absolute atomic E-state index is 0. The van der Waals surface area contributed by atoms with E-state index in [1.165, 1.54) is 13.4 Å². The third kappa shape index (κ3) is 5.21. The molecule has 0 saturated heterocycles. The fraction of sp³-hybridized carbons (Fsp3) is 0.500. The van der Waals surface area contributed by atoms with Gasteiger partial charge in [-0.25, -0.2) is 0 Å². The molecule has 0 aromatic carbocycles. The molecule has 0 aliphatic heterocycles. The largest absolute Gasteiger partial charge is 0.416 e. The SMILES string of the molecule is CCC(=O)/C([C-]=O)=N/OC.[Y]. The second-order valence-electron chi connectivity index (χ2n) is 1.50. The number of Topliss-reactive ketones (excluding diaryl/α,β-unsaturated/α-hetero) is 1. The summed E-state index contributed by atoms with van der Waals surface area (Å²) in [5.74, 6) is -0.364. The van der Waals surface area contributed by atoms with E-state index in [1.807, 2.05) is 0 Å². The third-order valence-corrected chi connectivity index (χ3v) is 0.864. The van der Waals surface area contributed by atoms with Crippen LogP contribution in [0.1, 0.15) is 13.3 Å². The first-order valence-electron chi connectivity index (χ1n) is 2.78. The van der Waals surface area contributed by atoms with Crippen molar-refractivity contribution in [1.29, 1.82) is 0 Å². The Bertz CT molecular complexity index is 167. The van der Waals surface area contributed by atoms with E-state index < -0.39 is 0 Å². The van der Waals surface area contributed by atoms with Crippen LogP contribution < -0.4 is 0 Å². The summed E-state index contributed by atoms with van der Waals surface area (Å²) < 4.78 is 0. The maximum absolute atomic E-state index is 10.7. The Labute approximate surface area is 90.2 Å². The molecule has 0 N–H and O–H groups in total. The third-order valence-electron chi connectivity index (χ3n) is 0.864. The molecule has 59 valence electrons. The van der Waals surface area contributed by atoms with Crippen molar-refractivity contribution in [2.24, 2.45) is 5.16 Å². The van der Waals surface area contributed by atoms with Crippen LogP contribution in [0.25, 0.3) is 0 Å². The first-order valence-corrected chi connectivity index (χ1v) is 2.78.